The van der Waals surface area contributed by atoms with Crippen molar-refractivity contribution in [3.63, 3.8) is 0 Å². The van der Waals surface area contributed by atoms with Crippen molar-refractivity contribution in [3.8, 4) is 0 Å². The van der Waals surface area contributed by atoms with E-state index < -0.39 is 0 Å². The van der Waals surface area contributed by atoms with Gasteiger partial charge < -0.3 is 5.32 Å². The topological polar surface area (TPSA) is 46.9 Å². The first kappa shape index (κ1) is 15.0. The molecular weight excluding hydrogens is 286 g/mol. The Kier molecular flexibility index (Phi) is 4.24. The third-order valence-electron chi connectivity index (χ3n) is 3.72. The van der Waals surface area contributed by atoms with Crippen molar-refractivity contribution in [2.75, 3.05) is 5.32 Å². The molecule has 1 N–H and O–H groups in total. The molecule has 0 fully saturated rings. The average molecular weight is 305 g/mol. The van der Waals surface area contributed by atoms with Crippen molar-refractivity contribution in [2.24, 2.45) is 0 Å². The molecule has 1 amide bonds. The van der Waals surface area contributed by atoms with Gasteiger partial charge >= 0.3 is 0 Å². The number of hydrogen-bond donors (Lipinski definition) is 1. The van der Waals surface area contributed by atoms with Crippen molar-refractivity contribution in [1.29, 1.82) is 0 Å². The minimum absolute atomic E-state index is 0.141. The molecule has 4 nitrogen and oxygen atoms in total. The van der Waals surface area contributed by atoms with Crippen LogP contribution in [0.5, 0.6) is 0 Å². The predicted octanol–water partition coefficient (Wildman–Crippen LogP) is 3.80. The summed E-state index contributed by atoms with van der Waals surface area (Å²) in [5, 5.41) is 7.22. The van der Waals surface area contributed by atoms with E-state index in [4.69, 9.17) is 0 Å². The van der Waals surface area contributed by atoms with E-state index in [0.29, 0.717) is 12.1 Å². The summed E-state index contributed by atoms with van der Waals surface area (Å²) in [5.74, 6) is -0.141. The average Bonchev–Trinajstić information content (AvgIpc) is 3.00. The Hall–Kier alpha value is -2.88. The monoisotopic (exact) mass is 305 g/mol. The second-order valence-corrected chi connectivity index (χ2v) is 5.68. The molecule has 0 aliphatic heterocycles. The molecule has 0 aliphatic rings. The third kappa shape index (κ3) is 3.66. The van der Waals surface area contributed by atoms with Crippen LogP contribution in [0.3, 0.4) is 0 Å². The highest BCUT2D eigenvalue weighted by Crippen LogP contribution is 2.17. The van der Waals surface area contributed by atoms with Gasteiger partial charge in [-0.15, -0.1) is 0 Å². The summed E-state index contributed by atoms with van der Waals surface area (Å²) in [5.41, 5.74) is 4.70. The van der Waals surface area contributed by atoms with Crippen LogP contribution in [0, 0.1) is 13.8 Å². The highest BCUT2D eigenvalue weighted by atomic mass is 16.1. The van der Waals surface area contributed by atoms with Gasteiger partial charge in [-0.05, 0) is 36.6 Å². The molecule has 3 rings (SSSR count). The first-order valence-electron chi connectivity index (χ1n) is 7.57. The molecule has 0 spiro atoms. The maximum absolute atomic E-state index is 12.4. The fourth-order valence-electron chi connectivity index (χ4n) is 2.40. The molecule has 1 aromatic heterocycles. The van der Waals surface area contributed by atoms with Gasteiger partial charge in [-0.3, -0.25) is 9.48 Å². The normalized spacial score (nSPS) is 10.5. The zero-order chi connectivity index (χ0) is 16.2. The number of anilines is 1. The summed E-state index contributed by atoms with van der Waals surface area (Å²) in [4.78, 5) is 12.4. The van der Waals surface area contributed by atoms with Crippen LogP contribution >= 0.6 is 0 Å². The van der Waals surface area contributed by atoms with E-state index in [-0.39, 0.29) is 5.91 Å². The molecule has 0 unspecified atom stereocenters. The molecule has 0 aliphatic carbocycles. The highest BCUT2D eigenvalue weighted by Gasteiger charge is 2.10. The molecule has 116 valence electrons. The van der Waals surface area contributed by atoms with E-state index in [2.05, 4.69) is 10.4 Å². The largest absolute Gasteiger partial charge is 0.322 e. The lowest BCUT2D eigenvalue weighted by Gasteiger charge is -2.08. The Balaban J connectivity index is 1.72. The number of benzene rings is 2. The van der Waals surface area contributed by atoms with Crippen LogP contribution in [-0.2, 0) is 6.54 Å². The van der Waals surface area contributed by atoms with Crippen molar-refractivity contribution in [1.82, 2.24) is 9.78 Å². The molecular formula is C19H19N3O. The van der Waals surface area contributed by atoms with Crippen LogP contribution in [-0.4, -0.2) is 15.7 Å². The van der Waals surface area contributed by atoms with Gasteiger partial charge in [-0.1, -0.05) is 42.5 Å². The lowest BCUT2D eigenvalue weighted by molar-refractivity contribution is 0.102. The van der Waals surface area contributed by atoms with Crippen LogP contribution in [0.2, 0.25) is 0 Å². The van der Waals surface area contributed by atoms with Crippen molar-refractivity contribution in [2.45, 2.75) is 20.4 Å². The highest BCUT2D eigenvalue weighted by molar-refractivity contribution is 6.04. The summed E-state index contributed by atoms with van der Waals surface area (Å²) in [6.07, 6.45) is 3.37. The number of amides is 1. The molecule has 0 radical (unpaired) electrons. The van der Waals surface area contributed by atoms with E-state index >= 15 is 0 Å². The molecule has 0 saturated carbocycles. The first-order valence-corrected chi connectivity index (χ1v) is 7.57. The van der Waals surface area contributed by atoms with Gasteiger partial charge in [0.15, 0.2) is 0 Å². The van der Waals surface area contributed by atoms with E-state index in [1.807, 2.05) is 62.4 Å². The number of nitrogens with one attached hydrogen (secondary N) is 1. The maximum atomic E-state index is 12.4. The molecule has 0 saturated heterocycles. The lowest BCUT2D eigenvalue weighted by atomic mass is 10.1. The van der Waals surface area contributed by atoms with Gasteiger partial charge in [0.2, 0.25) is 0 Å². The molecule has 4 heteroatoms. The van der Waals surface area contributed by atoms with Gasteiger partial charge in [0, 0.05) is 11.9 Å². The maximum Gasteiger partial charge on any atom is 0.258 e. The molecule has 3 aromatic rings. The molecule has 2 aromatic carbocycles. The number of carbonyl (C=O) groups is 1. The number of carbonyl (C=O) groups excluding carboxylic acids is 1. The minimum Gasteiger partial charge on any atom is -0.322 e. The van der Waals surface area contributed by atoms with Gasteiger partial charge in [0.05, 0.1) is 18.3 Å². The summed E-state index contributed by atoms with van der Waals surface area (Å²) in [7, 11) is 0. The van der Waals surface area contributed by atoms with E-state index in [1.54, 1.807) is 17.1 Å². The molecule has 0 atom stereocenters. The van der Waals surface area contributed by atoms with Crippen LogP contribution in [0.1, 0.15) is 27.0 Å². The van der Waals surface area contributed by atoms with Gasteiger partial charge in [0.25, 0.3) is 5.91 Å². The van der Waals surface area contributed by atoms with E-state index in [1.165, 1.54) is 0 Å². The van der Waals surface area contributed by atoms with Gasteiger partial charge in [0.1, 0.15) is 0 Å². The predicted molar refractivity (Wildman–Crippen MR) is 91.6 cm³/mol. The molecule has 1 heterocycles. The summed E-state index contributed by atoms with van der Waals surface area (Å²) in [6.45, 7) is 4.64. The quantitative estimate of drug-likeness (QED) is 0.797. The second kappa shape index (κ2) is 6.48. The van der Waals surface area contributed by atoms with Crippen molar-refractivity contribution < 1.29 is 4.79 Å². The first-order chi connectivity index (χ1) is 11.1. The number of aryl methyl sites for hydroxylation is 2. The number of rotatable bonds is 4. The van der Waals surface area contributed by atoms with Crippen LogP contribution in [0.4, 0.5) is 5.69 Å². The number of hydrogen-bond acceptors (Lipinski definition) is 2. The Morgan fingerprint density at radius 3 is 2.70 bits per heavy atom. The van der Waals surface area contributed by atoms with E-state index in [9.17, 15) is 4.79 Å². The fraction of sp³-hybridized carbons (Fsp3) is 0.158. The molecule has 0 bridgehead atoms. The zero-order valence-electron chi connectivity index (χ0n) is 13.3. The Labute approximate surface area is 135 Å². The van der Waals surface area contributed by atoms with Crippen molar-refractivity contribution >= 4 is 11.6 Å². The van der Waals surface area contributed by atoms with Crippen molar-refractivity contribution in [3.05, 3.63) is 83.2 Å². The van der Waals surface area contributed by atoms with Crippen LogP contribution in [0.15, 0.2) is 60.9 Å². The Bertz CT molecular complexity index is 822. The van der Waals surface area contributed by atoms with Gasteiger partial charge in [-0.25, -0.2) is 0 Å². The smallest absolute Gasteiger partial charge is 0.258 e. The standard InChI is InChI=1S/C19H19N3O/c1-14-8-9-15(2)18(10-14)21-19(23)17-11-20-22(13-17)12-16-6-4-3-5-7-16/h3-11,13H,12H2,1-2H3,(H,21,23). The number of aromatic nitrogens is 2. The third-order valence-corrected chi connectivity index (χ3v) is 3.72. The van der Waals surface area contributed by atoms with Crippen LogP contribution in [0.25, 0.3) is 0 Å². The second-order valence-electron chi connectivity index (χ2n) is 5.68. The van der Waals surface area contributed by atoms with Gasteiger partial charge in [-0.2, -0.15) is 5.10 Å². The lowest BCUT2D eigenvalue weighted by Crippen LogP contribution is -2.12. The van der Waals surface area contributed by atoms with Crippen LogP contribution < -0.4 is 5.32 Å². The fourth-order valence-corrected chi connectivity index (χ4v) is 2.40. The summed E-state index contributed by atoms with van der Waals surface area (Å²) < 4.78 is 1.77. The zero-order valence-corrected chi connectivity index (χ0v) is 13.3. The SMILES string of the molecule is Cc1ccc(C)c(NC(=O)c2cnn(Cc3ccccc3)c2)c1. The summed E-state index contributed by atoms with van der Waals surface area (Å²) >= 11 is 0. The minimum atomic E-state index is -0.141. The number of nitrogens with zero attached hydrogens (tertiary/aromatic N) is 2. The Morgan fingerprint density at radius 1 is 1.13 bits per heavy atom. The molecule has 23 heavy (non-hydrogen) atoms. The van der Waals surface area contributed by atoms with E-state index in [0.717, 1.165) is 22.4 Å². The summed E-state index contributed by atoms with van der Waals surface area (Å²) in [6, 6.07) is 16.1. The Morgan fingerprint density at radius 2 is 1.91 bits per heavy atom.